The van der Waals surface area contributed by atoms with Gasteiger partial charge in [-0.1, -0.05) is 12.1 Å². The van der Waals surface area contributed by atoms with Gasteiger partial charge in [0.15, 0.2) is 17.2 Å². The molecule has 1 spiro atoms. The average Bonchev–Trinajstić information content (AvgIpc) is 3.46. The fraction of sp³-hybridized carbons (Fsp3) is 0.200. The molecule has 0 bridgehead atoms. The summed E-state index contributed by atoms with van der Waals surface area (Å²) in [7, 11) is 0. The van der Waals surface area contributed by atoms with Gasteiger partial charge in [-0.2, -0.15) is 0 Å². The predicted octanol–water partition coefficient (Wildman–Crippen LogP) is 3.10. The van der Waals surface area contributed by atoms with E-state index < -0.39 is 11.4 Å². The van der Waals surface area contributed by atoms with Crippen LogP contribution in [-0.4, -0.2) is 43.1 Å². The van der Waals surface area contributed by atoms with Crippen molar-refractivity contribution in [1.82, 2.24) is 24.8 Å². The van der Waals surface area contributed by atoms with Crippen molar-refractivity contribution in [3.8, 4) is 0 Å². The van der Waals surface area contributed by atoms with E-state index in [4.69, 9.17) is 5.73 Å². The number of carbonyl (C=O) groups excluding carboxylic acids is 2. The van der Waals surface area contributed by atoms with E-state index >= 15 is 0 Å². The molecule has 1 atom stereocenters. The van der Waals surface area contributed by atoms with Crippen molar-refractivity contribution in [2.24, 2.45) is 0 Å². The van der Waals surface area contributed by atoms with Crippen molar-refractivity contribution >= 4 is 28.7 Å². The molecule has 2 amide bonds. The van der Waals surface area contributed by atoms with Crippen molar-refractivity contribution in [3.63, 3.8) is 0 Å². The van der Waals surface area contributed by atoms with Crippen LogP contribution in [-0.2, 0) is 23.4 Å². The van der Waals surface area contributed by atoms with Gasteiger partial charge in [-0.3, -0.25) is 14.6 Å². The molecule has 3 N–H and O–H groups in total. The third-order valence-corrected chi connectivity index (χ3v) is 6.84. The molecule has 8 nitrogen and oxygen atoms in total. The zero-order valence-electron chi connectivity index (χ0n) is 18.5. The third kappa shape index (κ3) is 3.17. The van der Waals surface area contributed by atoms with Crippen LogP contribution in [0.15, 0.2) is 54.9 Å². The number of fused-ring (bicyclic) bond motifs is 3. The molecule has 35 heavy (non-hydrogen) atoms. The van der Waals surface area contributed by atoms with Gasteiger partial charge in [0, 0.05) is 54.8 Å². The van der Waals surface area contributed by atoms with Gasteiger partial charge in [0.2, 0.25) is 0 Å². The molecular weight excluding hydrogens is 454 g/mol. The van der Waals surface area contributed by atoms with Gasteiger partial charge in [0.05, 0.1) is 17.6 Å². The minimum atomic E-state index is -1.21. The Hall–Kier alpha value is -4.34. The zero-order valence-corrected chi connectivity index (χ0v) is 18.5. The van der Waals surface area contributed by atoms with Crippen LogP contribution >= 0.6 is 0 Å². The Morgan fingerprint density at radius 1 is 1.09 bits per heavy atom. The van der Waals surface area contributed by atoms with Crippen molar-refractivity contribution in [1.29, 1.82) is 0 Å². The van der Waals surface area contributed by atoms with E-state index in [1.807, 2.05) is 0 Å². The molecule has 4 aromatic rings. The first-order valence-corrected chi connectivity index (χ1v) is 11.1. The minimum Gasteiger partial charge on any atom is -0.381 e. The normalized spacial score (nSPS) is 19.4. The number of H-pyrrole nitrogens is 1. The number of pyridine rings is 2. The number of carbonyl (C=O) groups is 2. The van der Waals surface area contributed by atoms with Crippen LogP contribution in [0, 0.1) is 11.6 Å². The maximum Gasteiger partial charge on any atom is 0.255 e. The second-order valence-corrected chi connectivity index (χ2v) is 8.86. The lowest BCUT2D eigenvalue weighted by Gasteiger charge is -2.34. The second-order valence-electron chi connectivity index (χ2n) is 8.86. The number of nitrogens with one attached hydrogen (secondary N) is 1. The van der Waals surface area contributed by atoms with Crippen LogP contribution in [0.25, 0.3) is 11.0 Å². The molecule has 5 heterocycles. The summed E-state index contributed by atoms with van der Waals surface area (Å²) in [6.07, 6.45) is 3.49. The lowest BCUT2D eigenvalue weighted by atomic mass is 9.89. The Morgan fingerprint density at radius 2 is 1.89 bits per heavy atom. The van der Waals surface area contributed by atoms with Gasteiger partial charge in [-0.05, 0) is 29.8 Å². The van der Waals surface area contributed by atoms with Gasteiger partial charge in [-0.15, -0.1) is 0 Å². The SMILES string of the molecule is Nc1nc2cc(CN3C(=O)c4ccncc4C34CCN(Cc3ccc(F)cc3)C4=O)[nH]c2cc1F. The molecule has 0 radical (unpaired) electrons. The van der Waals surface area contributed by atoms with E-state index in [-0.39, 0.29) is 30.0 Å². The summed E-state index contributed by atoms with van der Waals surface area (Å²) in [5.41, 5.74) is 7.68. The van der Waals surface area contributed by atoms with Crippen LogP contribution < -0.4 is 5.73 Å². The number of aromatic amines is 1. The summed E-state index contributed by atoms with van der Waals surface area (Å²) in [5.74, 6) is -1.69. The molecule has 6 rings (SSSR count). The molecular formula is C25H20F2N6O2. The summed E-state index contributed by atoms with van der Waals surface area (Å²) in [6, 6.07) is 10.6. The monoisotopic (exact) mass is 474 g/mol. The quantitative estimate of drug-likeness (QED) is 0.473. The number of benzene rings is 1. The summed E-state index contributed by atoms with van der Waals surface area (Å²) in [5, 5.41) is 0. The van der Waals surface area contributed by atoms with Crippen LogP contribution in [0.1, 0.15) is 33.6 Å². The summed E-state index contributed by atoms with van der Waals surface area (Å²) in [4.78, 5) is 42.0. The maximum absolute atomic E-state index is 13.9. The molecule has 1 aromatic carbocycles. The first-order valence-electron chi connectivity index (χ1n) is 11.1. The fourth-order valence-corrected chi connectivity index (χ4v) is 5.17. The molecule has 2 aliphatic rings. The zero-order chi connectivity index (χ0) is 24.3. The van der Waals surface area contributed by atoms with Crippen molar-refractivity contribution in [2.75, 3.05) is 12.3 Å². The summed E-state index contributed by atoms with van der Waals surface area (Å²) >= 11 is 0. The van der Waals surface area contributed by atoms with Crippen LogP contribution in [0.4, 0.5) is 14.6 Å². The van der Waals surface area contributed by atoms with E-state index in [0.717, 1.165) is 5.56 Å². The second kappa shape index (κ2) is 7.59. The smallest absolute Gasteiger partial charge is 0.255 e. The minimum absolute atomic E-state index is 0.0848. The fourth-order valence-electron chi connectivity index (χ4n) is 5.17. The number of nitrogens with zero attached hydrogens (tertiary/aromatic N) is 4. The number of aromatic nitrogens is 3. The van der Waals surface area contributed by atoms with Crippen LogP contribution in [0.2, 0.25) is 0 Å². The van der Waals surface area contributed by atoms with E-state index in [0.29, 0.717) is 47.4 Å². The number of anilines is 1. The van der Waals surface area contributed by atoms with Gasteiger partial charge in [-0.25, -0.2) is 13.8 Å². The molecule has 176 valence electrons. The lowest BCUT2D eigenvalue weighted by Crippen LogP contribution is -2.49. The number of nitrogen functional groups attached to an aromatic ring is 1. The number of likely N-dealkylation sites (tertiary alicyclic amines) is 1. The summed E-state index contributed by atoms with van der Waals surface area (Å²) < 4.78 is 27.2. The van der Waals surface area contributed by atoms with E-state index in [2.05, 4.69) is 15.0 Å². The number of amides is 2. The number of halogens is 2. The highest BCUT2D eigenvalue weighted by Gasteiger charge is 2.59. The highest BCUT2D eigenvalue weighted by Crippen LogP contribution is 2.47. The molecule has 3 aromatic heterocycles. The molecule has 0 saturated carbocycles. The highest BCUT2D eigenvalue weighted by molar-refractivity contribution is 6.07. The Balaban J connectivity index is 1.38. The summed E-state index contributed by atoms with van der Waals surface area (Å²) in [6.45, 7) is 0.805. The van der Waals surface area contributed by atoms with Gasteiger partial charge >= 0.3 is 0 Å². The van der Waals surface area contributed by atoms with Crippen molar-refractivity contribution in [2.45, 2.75) is 25.0 Å². The van der Waals surface area contributed by atoms with Crippen LogP contribution in [0.3, 0.4) is 0 Å². The Bertz CT molecular complexity index is 1460. The topological polar surface area (TPSA) is 108 Å². The molecule has 1 unspecified atom stereocenters. The number of rotatable bonds is 4. The number of nitrogens with two attached hydrogens (primary N) is 1. The van der Waals surface area contributed by atoms with Crippen molar-refractivity contribution in [3.05, 3.63) is 88.9 Å². The predicted molar refractivity (Wildman–Crippen MR) is 123 cm³/mol. The van der Waals surface area contributed by atoms with Gasteiger partial charge in [0.25, 0.3) is 11.8 Å². The Morgan fingerprint density at radius 3 is 2.69 bits per heavy atom. The van der Waals surface area contributed by atoms with Crippen LogP contribution in [0.5, 0.6) is 0 Å². The van der Waals surface area contributed by atoms with E-state index in [1.165, 1.54) is 24.4 Å². The number of hydrogen-bond acceptors (Lipinski definition) is 5. The van der Waals surface area contributed by atoms with Gasteiger partial charge < -0.3 is 20.5 Å². The standard InChI is InChI=1S/C25H20F2N6O2/c26-15-3-1-14(2-4-15)12-32-8-6-25(24(32)35)18-11-29-7-5-17(18)23(34)33(25)13-16-9-20-21(30-16)10-19(27)22(28)31-20/h1-5,7,9-11,30H,6,8,12-13H2,(H2,28,31). The Kier molecular flexibility index (Phi) is 4.60. The molecule has 0 aliphatic carbocycles. The third-order valence-electron chi connectivity index (χ3n) is 6.84. The molecule has 10 heteroatoms. The first kappa shape index (κ1) is 21.2. The molecule has 1 fully saturated rings. The Labute approximate surface area is 198 Å². The van der Waals surface area contributed by atoms with E-state index in [9.17, 15) is 18.4 Å². The largest absolute Gasteiger partial charge is 0.381 e. The maximum atomic E-state index is 13.9. The highest BCUT2D eigenvalue weighted by atomic mass is 19.1. The van der Waals surface area contributed by atoms with Crippen molar-refractivity contribution < 1.29 is 18.4 Å². The van der Waals surface area contributed by atoms with Gasteiger partial charge in [0.1, 0.15) is 5.82 Å². The molecule has 2 aliphatic heterocycles. The molecule has 1 saturated heterocycles. The number of hydrogen-bond donors (Lipinski definition) is 2. The average molecular weight is 474 g/mol. The lowest BCUT2D eigenvalue weighted by molar-refractivity contribution is -0.137. The van der Waals surface area contributed by atoms with E-state index in [1.54, 1.807) is 40.3 Å². The first-order chi connectivity index (χ1) is 16.9.